The molecule has 1 fully saturated rings. The lowest BCUT2D eigenvalue weighted by Gasteiger charge is -2.25. The SMILES string of the molecule is Cc1ncc(Nc2nc(N[C@H](C)[C@@H](NC(=O)O)C3CC3)c(F)cc2C(N)=O)cc1-n1nccn1. The van der Waals surface area contributed by atoms with Crippen LogP contribution in [0.25, 0.3) is 5.69 Å². The second-order valence-corrected chi connectivity index (χ2v) is 8.10. The molecule has 0 unspecified atom stereocenters. The molecule has 0 bridgehead atoms. The fraction of sp³-hybridized carbons (Fsp3) is 0.333. The molecule has 2 amide bonds. The maximum Gasteiger partial charge on any atom is 0.404 e. The number of aromatic nitrogens is 5. The molecule has 4 rings (SSSR count). The average molecular weight is 469 g/mol. The first-order valence-electron chi connectivity index (χ1n) is 10.6. The number of halogens is 1. The van der Waals surface area contributed by atoms with Crippen molar-refractivity contribution in [1.82, 2.24) is 30.3 Å². The summed E-state index contributed by atoms with van der Waals surface area (Å²) >= 11 is 0. The molecule has 0 radical (unpaired) electrons. The standard InChI is InChI=1S/C21H24FN9O3/c1-10-16(31-25-5-6-26-31)7-13(9-24-10)28-19-14(18(23)32)8-15(22)20(30-19)27-11(2)17(12-3-4-12)29-21(33)34/h5-9,11-12,17,29H,3-4H2,1-2H3,(H2,23,32)(H,33,34)(H2,27,28,30)/t11-,17-/m1/s1. The summed E-state index contributed by atoms with van der Waals surface area (Å²) in [5.41, 5.74) is 7.00. The summed E-state index contributed by atoms with van der Waals surface area (Å²) < 4.78 is 14.8. The molecule has 3 aromatic rings. The van der Waals surface area contributed by atoms with Crippen molar-refractivity contribution < 1.29 is 19.1 Å². The predicted octanol–water partition coefficient (Wildman–Crippen LogP) is 2.19. The lowest BCUT2D eigenvalue weighted by atomic mass is 10.1. The lowest BCUT2D eigenvalue weighted by molar-refractivity contribution is 0.100. The summed E-state index contributed by atoms with van der Waals surface area (Å²) in [5.74, 6) is -1.63. The number of amides is 2. The zero-order valence-electron chi connectivity index (χ0n) is 18.5. The topological polar surface area (TPSA) is 173 Å². The first-order chi connectivity index (χ1) is 16.2. The van der Waals surface area contributed by atoms with Gasteiger partial charge in [-0.05, 0) is 44.7 Å². The van der Waals surface area contributed by atoms with Gasteiger partial charge in [0.2, 0.25) is 0 Å². The number of rotatable bonds is 9. The Bertz CT molecular complexity index is 1210. The van der Waals surface area contributed by atoms with Crippen LogP contribution in [0, 0.1) is 18.7 Å². The van der Waals surface area contributed by atoms with Crippen LogP contribution in [0.1, 0.15) is 35.8 Å². The number of nitrogens with two attached hydrogens (primary N) is 1. The van der Waals surface area contributed by atoms with Crippen LogP contribution in [-0.4, -0.2) is 54.2 Å². The van der Waals surface area contributed by atoms with E-state index in [1.807, 2.05) is 0 Å². The van der Waals surface area contributed by atoms with Crippen molar-refractivity contribution in [3.63, 3.8) is 0 Å². The molecule has 1 aliphatic rings. The number of hydrogen-bond donors (Lipinski definition) is 5. The van der Waals surface area contributed by atoms with E-state index >= 15 is 0 Å². The highest BCUT2D eigenvalue weighted by Crippen LogP contribution is 2.35. The summed E-state index contributed by atoms with van der Waals surface area (Å²) in [7, 11) is 0. The van der Waals surface area contributed by atoms with Crippen LogP contribution >= 0.6 is 0 Å². The van der Waals surface area contributed by atoms with Crippen LogP contribution in [0.5, 0.6) is 0 Å². The lowest BCUT2D eigenvalue weighted by Crippen LogP contribution is -2.46. The summed E-state index contributed by atoms with van der Waals surface area (Å²) in [6.07, 6.45) is 5.19. The molecule has 0 aliphatic heterocycles. The van der Waals surface area contributed by atoms with Crippen LogP contribution in [0.3, 0.4) is 0 Å². The highest BCUT2D eigenvalue weighted by atomic mass is 19.1. The zero-order valence-corrected chi connectivity index (χ0v) is 18.5. The third kappa shape index (κ3) is 5.03. The summed E-state index contributed by atoms with van der Waals surface area (Å²) in [6, 6.07) is 1.81. The van der Waals surface area contributed by atoms with Crippen molar-refractivity contribution in [2.24, 2.45) is 11.7 Å². The molecule has 0 saturated heterocycles. The first kappa shape index (κ1) is 22.9. The predicted molar refractivity (Wildman–Crippen MR) is 121 cm³/mol. The number of nitrogens with zero attached hydrogens (tertiary/aromatic N) is 5. The molecular weight excluding hydrogens is 445 g/mol. The van der Waals surface area contributed by atoms with Crippen LogP contribution in [0.2, 0.25) is 0 Å². The number of nitrogens with one attached hydrogen (secondary N) is 3. The number of anilines is 3. The molecule has 178 valence electrons. The first-order valence-corrected chi connectivity index (χ1v) is 10.6. The summed E-state index contributed by atoms with van der Waals surface area (Å²) in [6.45, 7) is 3.53. The number of carboxylic acid groups (broad SMARTS) is 1. The molecule has 6 N–H and O–H groups in total. The summed E-state index contributed by atoms with van der Waals surface area (Å²) in [4.78, 5) is 33.1. The average Bonchev–Trinajstić information content (AvgIpc) is 3.48. The Morgan fingerprint density at radius 2 is 1.94 bits per heavy atom. The normalized spacial score (nSPS) is 14.8. The van der Waals surface area contributed by atoms with Gasteiger partial charge in [-0.1, -0.05) is 0 Å². The quantitative estimate of drug-likeness (QED) is 0.315. The van der Waals surface area contributed by atoms with Crippen LogP contribution in [-0.2, 0) is 0 Å². The fourth-order valence-electron chi connectivity index (χ4n) is 3.70. The van der Waals surface area contributed by atoms with Gasteiger partial charge in [-0.2, -0.15) is 10.2 Å². The van der Waals surface area contributed by atoms with Gasteiger partial charge in [0.25, 0.3) is 5.91 Å². The molecule has 3 aromatic heterocycles. The van der Waals surface area contributed by atoms with Crippen molar-refractivity contribution in [2.45, 2.75) is 38.8 Å². The van der Waals surface area contributed by atoms with E-state index in [2.05, 4.69) is 36.1 Å². The van der Waals surface area contributed by atoms with E-state index in [1.54, 1.807) is 19.9 Å². The van der Waals surface area contributed by atoms with Crippen molar-refractivity contribution in [1.29, 1.82) is 0 Å². The number of carbonyl (C=O) groups is 2. The van der Waals surface area contributed by atoms with E-state index in [9.17, 15) is 14.0 Å². The molecular formula is C21H24FN9O3. The van der Waals surface area contributed by atoms with Crippen LogP contribution in [0.4, 0.5) is 26.5 Å². The van der Waals surface area contributed by atoms with Crippen molar-refractivity contribution in [3.8, 4) is 5.69 Å². The van der Waals surface area contributed by atoms with Crippen molar-refractivity contribution in [3.05, 3.63) is 47.8 Å². The van der Waals surface area contributed by atoms with E-state index in [0.29, 0.717) is 17.1 Å². The van der Waals surface area contributed by atoms with Gasteiger partial charge in [0.1, 0.15) is 11.5 Å². The monoisotopic (exact) mass is 469 g/mol. The van der Waals surface area contributed by atoms with E-state index < -0.39 is 29.9 Å². The van der Waals surface area contributed by atoms with Gasteiger partial charge in [-0.3, -0.25) is 9.78 Å². The summed E-state index contributed by atoms with van der Waals surface area (Å²) in [5, 5.41) is 25.7. The molecule has 0 aromatic carbocycles. The van der Waals surface area contributed by atoms with E-state index in [1.165, 1.54) is 23.4 Å². The zero-order chi connectivity index (χ0) is 24.4. The largest absolute Gasteiger partial charge is 0.465 e. The Labute approximate surface area is 193 Å². The molecule has 13 heteroatoms. The van der Waals surface area contributed by atoms with Crippen LogP contribution in [0.15, 0.2) is 30.7 Å². The van der Waals surface area contributed by atoms with Crippen molar-refractivity contribution in [2.75, 3.05) is 10.6 Å². The minimum Gasteiger partial charge on any atom is -0.465 e. The minimum absolute atomic E-state index is 0.0165. The smallest absolute Gasteiger partial charge is 0.404 e. The molecule has 0 spiro atoms. The molecule has 1 saturated carbocycles. The van der Waals surface area contributed by atoms with Gasteiger partial charge < -0.3 is 26.8 Å². The molecule has 1 aliphatic carbocycles. The number of hydrogen-bond acceptors (Lipinski definition) is 8. The fourth-order valence-corrected chi connectivity index (χ4v) is 3.70. The minimum atomic E-state index is -1.15. The molecule has 2 atom stereocenters. The Morgan fingerprint density at radius 3 is 2.56 bits per heavy atom. The van der Waals surface area contributed by atoms with Gasteiger partial charge in [0, 0.05) is 6.04 Å². The van der Waals surface area contributed by atoms with Gasteiger partial charge in [-0.25, -0.2) is 14.2 Å². The highest BCUT2D eigenvalue weighted by molar-refractivity contribution is 5.98. The van der Waals surface area contributed by atoms with Gasteiger partial charge >= 0.3 is 6.09 Å². The van der Waals surface area contributed by atoms with E-state index in [-0.39, 0.29) is 23.1 Å². The number of pyridine rings is 2. The molecule has 34 heavy (non-hydrogen) atoms. The van der Waals surface area contributed by atoms with Gasteiger partial charge in [0.15, 0.2) is 11.6 Å². The molecule has 3 heterocycles. The number of primary amides is 1. The Kier molecular flexibility index (Phi) is 6.25. The third-order valence-electron chi connectivity index (χ3n) is 5.52. The van der Waals surface area contributed by atoms with Gasteiger partial charge in [-0.15, -0.1) is 4.80 Å². The number of carbonyl (C=O) groups excluding carboxylic acids is 1. The third-order valence-corrected chi connectivity index (χ3v) is 5.52. The van der Waals surface area contributed by atoms with E-state index in [4.69, 9.17) is 10.8 Å². The van der Waals surface area contributed by atoms with E-state index in [0.717, 1.165) is 18.9 Å². The second-order valence-electron chi connectivity index (χ2n) is 8.10. The highest BCUT2D eigenvalue weighted by Gasteiger charge is 2.36. The maximum absolute atomic E-state index is 14.8. The number of aryl methyl sites for hydroxylation is 1. The second kappa shape index (κ2) is 9.29. The Hall–Kier alpha value is -4.29. The van der Waals surface area contributed by atoms with Crippen LogP contribution < -0.4 is 21.7 Å². The maximum atomic E-state index is 14.8. The molecule has 12 nitrogen and oxygen atoms in total. The Balaban J connectivity index is 1.63. The Morgan fingerprint density at radius 1 is 1.24 bits per heavy atom. The van der Waals surface area contributed by atoms with Gasteiger partial charge in [0.05, 0.1) is 41.6 Å². The van der Waals surface area contributed by atoms with Crippen molar-refractivity contribution >= 4 is 29.3 Å².